The molecule has 1 aliphatic heterocycles. The summed E-state index contributed by atoms with van der Waals surface area (Å²) in [6, 6.07) is 0. The van der Waals surface area contributed by atoms with Gasteiger partial charge in [-0.2, -0.15) is 0 Å². The summed E-state index contributed by atoms with van der Waals surface area (Å²) in [6.45, 7) is 1.18. The van der Waals surface area contributed by atoms with E-state index in [2.05, 4.69) is 28.8 Å². The van der Waals surface area contributed by atoms with E-state index in [0.717, 1.165) is 4.58 Å². The second-order valence-corrected chi connectivity index (χ2v) is 5.69. The van der Waals surface area contributed by atoms with Crippen LogP contribution in [0.4, 0.5) is 0 Å². The zero-order valence-electron chi connectivity index (χ0n) is 7.54. The third kappa shape index (κ3) is 5.57. The van der Waals surface area contributed by atoms with Gasteiger partial charge in [0.1, 0.15) is 0 Å². The topological polar surface area (TPSA) is 12.0 Å². The molecule has 1 saturated heterocycles. The molecule has 0 saturated carbocycles. The van der Waals surface area contributed by atoms with Gasteiger partial charge in [0.2, 0.25) is 0 Å². The van der Waals surface area contributed by atoms with Crippen molar-refractivity contribution in [1.82, 2.24) is 5.32 Å². The first-order valence-electron chi connectivity index (χ1n) is 4.31. The first-order valence-corrected chi connectivity index (χ1v) is 6.41. The van der Waals surface area contributed by atoms with Crippen LogP contribution in [0.2, 0.25) is 0 Å². The van der Waals surface area contributed by atoms with Crippen molar-refractivity contribution in [3.63, 3.8) is 0 Å². The van der Waals surface area contributed by atoms with Crippen molar-refractivity contribution in [2.24, 2.45) is 0 Å². The molecule has 1 fully saturated rings. The van der Waals surface area contributed by atoms with Crippen molar-refractivity contribution in [1.29, 1.82) is 0 Å². The normalized spacial score (nSPS) is 18.8. The molecular formula is C8H18ClNS2. The Kier molecular flexibility index (Phi) is 9.22. The molecule has 0 aliphatic carbocycles. The maximum Gasteiger partial charge on any atom is 0.0503 e. The molecule has 1 aliphatic rings. The molecule has 4 heteroatoms. The van der Waals surface area contributed by atoms with Gasteiger partial charge in [-0.3, -0.25) is 0 Å². The van der Waals surface area contributed by atoms with Crippen molar-refractivity contribution in [2.45, 2.75) is 23.8 Å². The fourth-order valence-electron chi connectivity index (χ4n) is 1.15. The highest BCUT2D eigenvalue weighted by atomic mass is 35.5. The van der Waals surface area contributed by atoms with E-state index < -0.39 is 0 Å². The number of halogens is 1. The molecule has 0 aromatic carbocycles. The van der Waals surface area contributed by atoms with Crippen LogP contribution in [-0.4, -0.2) is 29.7 Å². The van der Waals surface area contributed by atoms with Crippen molar-refractivity contribution in [2.75, 3.05) is 25.1 Å². The van der Waals surface area contributed by atoms with E-state index in [1.165, 1.54) is 37.3 Å². The van der Waals surface area contributed by atoms with Crippen LogP contribution < -0.4 is 5.32 Å². The number of hydrogen-bond acceptors (Lipinski definition) is 3. The summed E-state index contributed by atoms with van der Waals surface area (Å²) in [5.41, 5.74) is 0. The Labute approximate surface area is 90.2 Å². The second kappa shape index (κ2) is 8.54. The lowest BCUT2D eigenvalue weighted by Crippen LogP contribution is -2.12. The molecule has 0 spiro atoms. The highest BCUT2D eigenvalue weighted by molar-refractivity contribution is 8.17. The smallest absolute Gasteiger partial charge is 0.0503 e. The minimum absolute atomic E-state index is 0. The molecule has 0 unspecified atom stereocenters. The molecule has 12 heavy (non-hydrogen) atoms. The molecule has 0 atom stereocenters. The van der Waals surface area contributed by atoms with E-state index in [9.17, 15) is 0 Å². The van der Waals surface area contributed by atoms with Gasteiger partial charge < -0.3 is 5.32 Å². The fourth-order valence-corrected chi connectivity index (χ4v) is 4.11. The lowest BCUT2D eigenvalue weighted by Gasteiger charge is -2.20. The van der Waals surface area contributed by atoms with E-state index in [1.807, 2.05) is 7.05 Å². The Morgan fingerprint density at radius 2 is 2.00 bits per heavy atom. The summed E-state index contributed by atoms with van der Waals surface area (Å²) < 4.78 is 0.900. The van der Waals surface area contributed by atoms with E-state index in [4.69, 9.17) is 0 Å². The standard InChI is InChI=1S/C8H17NS2.ClH/c1-9-5-2-4-8-10-6-3-7-11-8;/h8-9H,2-7H2,1H3;1H. The second-order valence-electron chi connectivity index (χ2n) is 2.77. The van der Waals surface area contributed by atoms with Crippen LogP contribution in [0.5, 0.6) is 0 Å². The van der Waals surface area contributed by atoms with Gasteiger partial charge in [0, 0.05) is 0 Å². The van der Waals surface area contributed by atoms with Gasteiger partial charge >= 0.3 is 0 Å². The predicted octanol–water partition coefficient (Wildman–Crippen LogP) is 2.60. The monoisotopic (exact) mass is 227 g/mol. The summed E-state index contributed by atoms with van der Waals surface area (Å²) in [5.74, 6) is 2.77. The van der Waals surface area contributed by atoms with Crippen LogP contribution >= 0.6 is 35.9 Å². The van der Waals surface area contributed by atoms with Crippen molar-refractivity contribution in [3.8, 4) is 0 Å². The maximum atomic E-state index is 3.19. The third-order valence-corrected chi connectivity index (χ3v) is 4.84. The van der Waals surface area contributed by atoms with Gasteiger partial charge in [-0.1, -0.05) is 0 Å². The third-order valence-electron chi connectivity index (χ3n) is 1.76. The Morgan fingerprint density at radius 3 is 2.58 bits per heavy atom. The van der Waals surface area contributed by atoms with Crippen LogP contribution in [0.25, 0.3) is 0 Å². The van der Waals surface area contributed by atoms with Crippen molar-refractivity contribution < 1.29 is 0 Å². The Hall–Kier alpha value is 0.950. The first kappa shape index (κ1) is 12.9. The van der Waals surface area contributed by atoms with Crippen LogP contribution in [0, 0.1) is 0 Å². The number of rotatable bonds is 4. The summed E-state index contributed by atoms with van der Waals surface area (Å²) >= 11 is 4.30. The molecule has 1 rings (SSSR count). The van der Waals surface area contributed by atoms with Crippen LogP contribution in [-0.2, 0) is 0 Å². The molecule has 0 radical (unpaired) electrons. The zero-order chi connectivity index (χ0) is 7.94. The highest BCUT2D eigenvalue weighted by Gasteiger charge is 2.12. The zero-order valence-corrected chi connectivity index (χ0v) is 9.99. The molecule has 1 nitrogen and oxygen atoms in total. The van der Waals surface area contributed by atoms with Crippen LogP contribution in [0.3, 0.4) is 0 Å². The van der Waals surface area contributed by atoms with E-state index in [0.29, 0.717) is 0 Å². The van der Waals surface area contributed by atoms with Gasteiger partial charge in [0.05, 0.1) is 4.58 Å². The number of hydrogen-bond donors (Lipinski definition) is 1. The first-order chi connectivity index (χ1) is 5.43. The summed E-state index contributed by atoms with van der Waals surface area (Å²) in [7, 11) is 2.03. The Morgan fingerprint density at radius 1 is 1.33 bits per heavy atom. The van der Waals surface area contributed by atoms with E-state index >= 15 is 0 Å². The average molecular weight is 228 g/mol. The number of thioether (sulfide) groups is 2. The van der Waals surface area contributed by atoms with Crippen molar-refractivity contribution >= 4 is 35.9 Å². The highest BCUT2D eigenvalue weighted by Crippen LogP contribution is 2.33. The number of nitrogens with one attached hydrogen (secondary N) is 1. The lowest BCUT2D eigenvalue weighted by atomic mass is 10.3. The van der Waals surface area contributed by atoms with Gasteiger partial charge in [0.25, 0.3) is 0 Å². The van der Waals surface area contributed by atoms with Gasteiger partial charge in [-0.15, -0.1) is 35.9 Å². The Balaban J connectivity index is 0.00000121. The molecule has 0 aromatic rings. The van der Waals surface area contributed by atoms with Crippen molar-refractivity contribution in [3.05, 3.63) is 0 Å². The molecular weight excluding hydrogens is 210 g/mol. The van der Waals surface area contributed by atoms with Crippen LogP contribution in [0.1, 0.15) is 19.3 Å². The molecule has 74 valence electrons. The lowest BCUT2D eigenvalue weighted by molar-refractivity contribution is 0.704. The SMILES string of the molecule is CNCCCC1SCCCS1.Cl. The molecule has 0 aromatic heterocycles. The average Bonchev–Trinajstić information content (AvgIpc) is 2.07. The molecule has 1 heterocycles. The quantitative estimate of drug-likeness (QED) is 0.742. The minimum Gasteiger partial charge on any atom is -0.320 e. The fraction of sp³-hybridized carbons (Fsp3) is 1.00. The summed E-state index contributed by atoms with van der Waals surface area (Å²) in [4.78, 5) is 0. The largest absolute Gasteiger partial charge is 0.320 e. The summed E-state index contributed by atoms with van der Waals surface area (Å²) in [6.07, 6.45) is 4.13. The molecule has 0 amide bonds. The van der Waals surface area contributed by atoms with Gasteiger partial charge in [-0.05, 0) is 44.4 Å². The summed E-state index contributed by atoms with van der Waals surface area (Å²) in [5, 5.41) is 3.19. The van der Waals surface area contributed by atoms with E-state index in [1.54, 1.807) is 0 Å². The van der Waals surface area contributed by atoms with Crippen LogP contribution in [0.15, 0.2) is 0 Å². The maximum absolute atomic E-state index is 3.19. The predicted molar refractivity (Wildman–Crippen MR) is 63.7 cm³/mol. The van der Waals surface area contributed by atoms with Gasteiger partial charge in [-0.25, -0.2) is 0 Å². The van der Waals surface area contributed by atoms with E-state index in [-0.39, 0.29) is 12.4 Å². The minimum atomic E-state index is 0. The molecule has 0 bridgehead atoms. The Bertz CT molecular complexity index is 97.1. The van der Waals surface area contributed by atoms with Gasteiger partial charge in [0.15, 0.2) is 0 Å². The molecule has 1 N–H and O–H groups in total.